The number of benzene rings is 2. The van der Waals surface area contributed by atoms with Crippen LogP contribution in [0.2, 0.25) is 0 Å². The molecular weight excluding hydrogens is 391 g/mol. The van der Waals surface area contributed by atoms with Gasteiger partial charge in [-0.2, -0.15) is 0 Å². The van der Waals surface area contributed by atoms with Gasteiger partial charge in [0.05, 0.1) is 6.54 Å². The van der Waals surface area contributed by atoms with Crippen LogP contribution in [0.4, 0.5) is 9.18 Å². The zero-order valence-corrected chi connectivity index (χ0v) is 14.8. The first-order chi connectivity index (χ1) is 11.8. The highest BCUT2D eigenvalue weighted by atomic mass is 79.9. The van der Waals surface area contributed by atoms with Crippen LogP contribution in [0.25, 0.3) is 0 Å². The van der Waals surface area contributed by atoms with Crippen LogP contribution in [0.15, 0.2) is 53.0 Å². The van der Waals surface area contributed by atoms with Crippen molar-refractivity contribution in [1.82, 2.24) is 10.2 Å². The van der Waals surface area contributed by atoms with Gasteiger partial charge in [-0.3, -0.25) is 14.5 Å². The molecule has 0 radical (unpaired) electrons. The highest BCUT2D eigenvalue weighted by Crippen LogP contribution is 2.30. The highest BCUT2D eigenvalue weighted by Gasteiger charge is 2.49. The third kappa shape index (κ3) is 3.19. The molecule has 0 saturated carbocycles. The van der Waals surface area contributed by atoms with Gasteiger partial charge in [0.2, 0.25) is 0 Å². The smallest absolute Gasteiger partial charge is 0.319 e. The largest absolute Gasteiger partial charge is 0.325 e. The molecule has 128 valence electrons. The molecule has 0 aromatic heterocycles. The molecular formula is C18H14BrFN2O3. The summed E-state index contributed by atoms with van der Waals surface area (Å²) in [6, 6.07) is 11.4. The average Bonchev–Trinajstić information content (AvgIpc) is 2.80. The molecule has 5 nitrogen and oxygen atoms in total. The lowest BCUT2D eigenvalue weighted by Gasteiger charge is -2.22. The summed E-state index contributed by atoms with van der Waals surface area (Å²) in [5.74, 6) is -1.41. The molecule has 1 aliphatic rings. The minimum absolute atomic E-state index is 0.234. The molecule has 3 amide bonds. The summed E-state index contributed by atoms with van der Waals surface area (Å²) in [7, 11) is 0. The molecule has 1 saturated heterocycles. The lowest BCUT2D eigenvalue weighted by molar-refractivity contribution is -0.130. The van der Waals surface area contributed by atoms with Gasteiger partial charge in [-0.25, -0.2) is 9.18 Å². The molecule has 25 heavy (non-hydrogen) atoms. The molecule has 2 aromatic carbocycles. The molecule has 0 unspecified atom stereocenters. The Kier molecular flexibility index (Phi) is 4.43. The maximum absolute atomic E-state index is 13.0. The Labute approximate surface area is 151 Å². The number of Topliss-reactive ketones (excluding diaryl/α,β-unsaturated/α-hetero) is 1. The van der Waals surface area contributed by atoms with Gasteiger partial charge in [-0.1, -0.05) is 28.1 Å². The van der Waals surface area contributed by atoms with Crippen LogP contribution in [0.5, 0.6) is 0 Å². The van der Waals surface area contributed by atoms with Gasteiger partial charge in [-0.15, -0.1) is 0 Å². The van der Waals surface area contributed by atoms with E-state index in [2.05, 4.69) is 21.2 Å². The fourth-order valence-electron chi connectivity index (χ4n) is 2.71. The Bertz CT molecular complexity index is 869. The number of halogens is 2. The molecule has 1 fully saturated rings. The van der Waals surface area contributed by atoms with Crippen molar-refractivity contribution >= 4 is 33.7 Å². The number of nitrogens with one attached hydrogen (secondary N) is 1. The summed E-state index contributed by atoms with van der Waals surface area (Å²) in [5, 5.41) is 2.64. The number of urea groups is 1. The number of rotatable bonds is 4. The first-order valence-corrected chi connectivity index (χ1v) is 8.29. The number of ketones is 1. The second-order valence-electron chi connectivity index (χ2n) is 5.89. The van der Waals surface area contributed by atoms with E-state index in [0.717, 1.165) is 21.5 Å². The third-order valence-corrected chi connectivity index (χ3v) is 4.64. The second-order valence-corrected chi connectivity index (χ2v) is 6.80. The number of hydrogen-bond donors (Lipinski definition) is 1. The number of carbonyl (C=O) groups excluding carboxylic acids is 3. The maximum Gasteiger partial charge on any atom is 0.325 e. The first-order valence-electron chi connectivity index (χ1n) is 7.50. The zero-order chi connectivity index (χ0) is 18.2. The Hall–Kier alpha value is -2.54. The van der Waals surface area contributed by atoms with E-state index in [1.165, 1.54) is 12.1 Å². The van der Waals surface area contributed by atoms with E-state index in [-0.39, 0.29) is 5.56 Å². The predicted octanol–water partition coefficient (Wildman–Crippen LogP) is 3.24. The molecule has 0 spiro atoms. The van der Waals surface area contributed by atoms with E-state index in [0.29, 0.717) is 5.56 Å². The van der Waals surface area contributed by atoms with E-state index in [1.807, 2.05) is 6.07 Å². The average molecular weight is 405 g/mol. The van der Waals surface area contributed by atoms with Crippen molar-refractivity contribution in [2.75, 3.05) is 6.54 Å². The van der Waals surface area contributed by atoms with E-state index < -0.39 is 35.6 Å². The Morgan fingerprint density at radius 1 is 1.20 bits per heavy atom. The zero-order valence-electron chi connectivity index (χ0n) is 13.3. The second kappa shape index (κ2) is 6.40. The van der Waals surface area contributed by atoms with Crippen LogP contribution >= 0.6 is 15.9 Å². The van der Waals surface area contributed by atoms with Crippen molar-refractivity contribution in [1.29, 1.82) is 0 Å². The van der Waals surface area contributed by atoms with Crippen LogP contribution in [0, 0.1) is 5.82 Å². The van der Waals surface area contributed by atoms with Crippen molar-refractivity contribution in [2.24, 2.45) is 0 Å². The molecule has 2 aromatic rings. The highest BCUT2D eigenvalue weighted by molar-refractivity contribution is 9.10. The summed E-state index contributed by atoms with van der Waals surface area (Å²) in [4.78, 5) is 38.2. The fourth-order valence-corrected chi connectivity index (χ4v) is 3.11. The van der Waals surface area contributed by atoms with Crippen LogP contribution in [0.3, 0.4) is 0 Å². The third-order valence-electron chi connectivity index (χ3n) is 4.14. The summed E-state index contributed by atoms with van der Waals surface area (Å²) in [6.07, 6.45) is 0. The van der Waals surface area contributed by atoms with E-state index in [1.54, 1.807) is 25.1 Å². The minimum atomic E-state index is -1.25. The van der Waals surface area contributed by atoms with Crippen LogP contribution < -0.4 is 5.32 Å². The quantitative estimate of drug-likeness (QED) is 0.628. The topological polar surface area (TPSA) is 66.5 Å². The molecule has 1 aliphatic heterocycles. The SMILES string of the molecule is C[C@@]1(c2cccc(Br)c2)NC(=O)N(CC(=O)c2ccc(F)cc2)C1=O. The molecule has 1 heterocycles. The predicted molar refractivity (Wildman–Crippen MR) is 92.5 cm³/mol. The lowest BCUT2D eigenvalue weighted by atomic mass is 9.92. The van der Waals surface area contributed by atoms with Crippen molar-refractivity contribution in [2.45, 2.75) is 12.5 Å². The van der Waals surface area contributed by atoms with E-state index in [4.69, 9.17) is 0 Å². The first kappa shape index (κ1) is 17.3. The Morgan fingerprint density at radius 2 is 1.88 bits per heavy atom. The molecule has 7 heteroatoms. The van der Waals surface area contributed by atoms with Crippen molar-refractivity contribution in [3.8, 4) is 0 Å². The van der Waals surface area contributed by atoms with Crippen molar-refractivity contribution in [3.63, 3.8) is 0 Å². The van der Waals surface area contributed by atoms with Crippen LogP contribution in [-0.4, -0.2) is 29.2 Å². The minimum Gasteiger partial charge on any atom is -0.319 e. The van der Waals surface area contributed by atoms with Crippen molar-refractivity contribution in [3.05, 3.63) is 69.9 Å². The Balaban J connectivity index is 1.84. The lowest BCUT2D eigenvalue weighted by Crippen LogP contribution is -2.41. The summed E-state index contributed by atoms with van der Waals surface area (Å²) in [5.41, 5.74) is -0.403. The van der Waals surface area contributed by atoms with Crippen LogP contribution in [0.1, 0.15) is 22.8 Å². The summed E-state index contributed by atoms with van der Waals surface area (Å²) >= 11 is 3.34. The standard InChI is InChI=1S/C18H14BrFN2O3/c1-18(12-3-2-4-13(19)9-12)16(24)22(17(25)21-18)10-15(23)11-5-7-14(20)8-6-11/h2-9H,10H2,1H3,(H,21,25)/t18-/m0/s1. The van der Waals surface area contributed by atoms with Gasteiger partial charge >= 0.3 is 6.03 Å². The van der Waals surface area contributed by atoms with Gasteiger partial charge in [0, 0.05) is 10.0 Å². The monoisotopic (exact) mass is 404 g/mol. The fraction of sp³-hybridized carbons (Fsp3) is 0.167. The summed E-state index contributed by atoms with van der Waals surface area (Å²) < 4.78 is 13.7. The number of nitrogens with zero attached hydrogens (tertiary/aromatic N) is 1. The van der Waals surface area contributed by atoms with Gasteiger partial charge in [0.15, 0.2) is 5.78 Å². The maximum atomic E-state index is 13.0. The molecule has 1 N–H and O–H groups in total. The van der Waals surface area contributed by atoms with Crippen molar-refractivity contribution < 1.29 is 18.8 Å². The number of imide groups is 1. The molecule has 1 atom stereocenters. The molecule has 3 rings (SSSR count). The Morgan fingerprint density at radius 3 is 2.52 bits per heavy atom. The van der Waals surface area contributed by atoms with E-state index in [9.17, 15) is 18.8 Å². The number of carbonyl (C=O) groups is 3. The molecule has 0 aliphatic carbocycles. The number of amides is 3. The number of hydrogen-bond acceptors (Lipinski definition) is 3. The van der Waals surface area contributed by atoms with Gasteiger partial charge in [0.1, 0.15) is 11.4 Å². The van der Waals surface area contributed by atoms with Gasteiger partial charge in [0.25, 0.3) is 5.91 Å². The molecule has 0 bridgehead atoms. The normalized spacial score (nSPS) is 19.9. The summed E-state index contributed by atoms with van der Waals surface area (Å²) in [6.45, 7) is 1.19. The van der Waals surface area contributed by atoms with Gasteiger partial charge in [-0.05, 0) is 48.9 Å². The van der Waals surface area contributed by atoms with Gasteiger partial charge < -0.3 is 5.32 Å². The van der Waals surface area contributed by atoms with E-state index >= 15 is 0 Å². The van der Waals surface area contributed by atoms with Crippen LogP contribution in [-0.2, 0) is 10.3 Å².